The zero-order chi connectivity index (χ0) is 23.8. The molecule has 0 spiro atoms. The number of hydrogen-bond acceptors (Lipinski definition) is 5. The largest absolute Gasteiger partial charge is 0.416 e. The predicted octanol–water partition coefficient (Wildman–Crippen LogP) is 4.48. The van der Waals surface area contributed by atoms with Gasteiger partial charge in [0.2, 0.25) is 5.91 Å². The van der Waals surface area contributed by atoms with Crippen LogP contribution in [0.3, 0.4) is 0 Å². The van der Waals surface area contributed by atoms with Crippen LogP contribution in [0.2, 0.25) is 0 Å². The van der Waals surface area contributed by atoms with Crippen molar-refractivity contribution in [1.82, 2.24) is 19.7 Å². The molecule has 0 bridgehead atoms. The van der Waals surface area contributed by atoms with Crippen molar-refractivity contribution in [3.63, 3.8) is 0 Å². The fraction of sp³-hybridized carbons (Fsp3) is 0.182. The molecule has 0 atom stereocenters. The SMILES string of the molecule is Cc1cccc(-n2ncc3c(=O)[nH]c(SCC(=O)Nc4cccc(C(F)(F)F)c4)nc32)c1C. The number of fused-ring (bicyclic) bond motifs is 1. The van der Waals surface area contributed by atoms with Crippen LogP contribution in [0.1, 0.15) is 16.7 Å². The number of aromatic nitrogens is 4. The number of rotatable bonds is 5. The van der Waals surface area contributed by atoms with E-state index < -0.39 is 23.2 Å². The van der Waals surface area contributed by atoms with Crippen LogP contribution < -0.4 is 10.9 Å². The molecule has 1 amide bonds. The van der Waals surface area contributed by atoms with Crippen molar-refractivity contribution in [2.24, 2.45) is 0 Å². The lowest BCUT2D eigenvalue weighted by Crippen LogP contribution is -2.16. The van der Waals surface area contributed by atoms with Crippen LogP contribution in [0, 0.1) is 13.8 Å². The normalized spacial score (nSPS) is 11.7. The first-order chi connectivity index (χ1) is 15.6. The zero-order valence-electron chi connectivity index (χ0n) is 17.5. The molecule has 2 aromatic carbocycles. The minimum Gasteiger partial charge on any atom is -0.325 e. The van der Waals surface area contributed by atoms with E-state index >= 15 is 0 Å². The molecule has 0 fully saturated rings. The zero-order valence-corrected chi connectivity index (χ0v) is 18.3. The van der Waals surface area contributed by atoms with Gasteiger partial charge >= 0.3 is 6.18 Å². The number of alkyl halides is 3. The van der Waals surface area contributed by atoms with E-state index in [1.807, 2.05) is 32.0 Å². The first kappa shape index (κ1) is 22.6. The molecule has 0 saturated heterocycles. The summed E-state index contributed by atoms with van der Waals surface area (Å²) < 4.78 is 40.1. The highest BCUT2D eigenvalue weighted by Crippen LogP contribution is 2.30. The van der Waals surface area contributed by atoms with Crippen LogP contribution in [-0.2, 0) is 11.0 Å². The number of aryl methyl sites for hydroxylation is 1. The van der Waals surface area contributed by atoms with E-state index in [4.69, 9.17) is 0 Å². The average molecular weight is 473 g/mol. The van der Waals surface area contributed by atoms with Gasteiger partial charge in [-0.05, 0) is 49.2 Å². The summed E-state index contributed by atoms with van der Waals surface area (Å²) in [5.74, 6) is -0.701. The van der Waals surface area contributed by atoms with Gasteiger partial charge in [0, 0.05) is 5.69 Å². The number of aromatic amines is 1. The van der Waals surface area contributed by atoms with Gasteiger partial charge < -0.3 is 10.3 Å². The Morgan fingerprint density at radius 1 is 1.18 bits per heavy atom. The number of thioether (sulfide) groups is 1. The summed E-state index contributed by atoms with van der Waals surface area (Å²) in [5.41, 5.74) is 1.93. The second kappa shape index (κ2) is 8.74. The van der Waals surface area contributed by atoms with Crippen LogP contribution in [0.25, 0.3) is 16.7 Å². The summed E-state index contributed by atoms with van der Waals surface area (Å²) in [5, 5.41) is 7.22. The van der Waals surface area contributed by atoms with Crippen LogP contribution >= 0.6 is 11.8 Å². The lowest BCUT2D eigenvalue weighted by molar-refractivity contribution is -0.137. The highest BCUT2D eigenvalue weighted by atomic mass is 32.2. The maximum absolute atomic E-state index is 12.8. The number of amides is 1. The summed E-state index contributed by atoms with van der Waals surface area (Å²) in [6.07, 6.45) is -3.08. The molecule has 11 heteroatoms. The van der Waals surface area contributed by atoms with Crippen LogP contribution in [0.5, 0.6) is 0 Å². The molecule has 0 aliphatic carbocycles. The Morgan fingerprint density at radius 3 is 2.70 bits per heavy atom. The van der Waals surface area contributed by atoms with E-state index in [0.717, 1.165) is 40.7 Å². The third-order valence-electron chi connectivity index (χ3n) is 5.03. The van der Waals surface area contributed by atoms with Gasteiger partial charge in [-0.1, -0.05) is 30.0 Å². The second-order valence-electron chi connectivity index (χ2n) is 7.30. The fourth-order valence-electron chi connectivity index (χ4n) is 3.21. The Labute approximate surface area is 190 Å². The first-order valence-corrected chi connectivity index (χ1v) is 10.8. The molecule has 2 heterocycles. The molecule has 33 heavy (non-hydrogen) atoms. The minimum atomic E-state index is -4.51. The maximum Gasteiger partial charge on any atom is 0.416 e. The molecule has 2 N–H and O–H groups in total. The second-order valence-corrected chi connectivity index (χ2v) is 8.26. The van der Waals surface area contributed by atoms with Crippen molar-refractivity contribution in [1.29, 1.82) is 0 Å². The lowest BCUT2D eigenvalue weighted by atomic mass is 10.1. The van der Waals surface area contributed by atoms with Gasteiger partial charge in [-0.25, -0.2) is 9.67 Å². The average Bonchev–Trinajstić information content (AvgIpc) is 3.18. The number of anilines is 1. The smallest absolute Gasteiger partial charge is 0.325 e. The van der Waals surface area contributed by atoms with E-state index in [1.54, 1.807) is 4.68 Å². The predicted molar refractivity (Wildman–Crippen MR) is 120 cm³/mol. The molecule has 0 radical (unpaired) electrons. The number of H-pyrrole nitrogens is 1. The molecule has 2 aromatic heterocycles. The van der Waals surface area contributed by atoms with Crippen LogP contribution in [-0.4, -0.2) is 31.4 Å². The molecule has 0 unspecified atom stereocenters. The monoisotopic (exact) mass is 473 g/mol. The van der Waals surface area contributed by atoms with Crippen molar-refractivity contribution >= 4 is 34.4 Å². The van der Waals surface area contributed by atoms with E-state index in [2.05, 4.69) is 20.4 Å². The highest BCUT2D eigenvalue weighted by molar-refractivity contribution is 7.99. The summed E-state index contributed by atoms with van der Waals surface area (Å²) >= 11 is 0.959. The molecule has 4 aromatic rings. The molecule has 0 saturated carbocycles. The fourth-order valence-corrected chi connectivity index (χ4v) is 3.87. The molecule has 170 valence electrons. The van der Waals surface area contributed by atoms with Gasteiger partial charge in [0.1, 0.15) is 5.39 Å². The summed E-state index contributed by atoms with van der Waals surface area (Å²) in [4.78, 5) is 31.8. The van der Waals surface area contributed by atoms with Crippen molar-refractivity contribution in [2.45, 2.75) is 25.2 Å². The molecule has 4 rings (SSSR count). The van der Waals surface area contributed by atoms with Crippen molar-refractivity contribution in [3.8, 4) is 5.69 Å². The van der Waals surface area contributed by atoms with E-state index in [-0.39, 0.29) is 16.6 Å². The van der Waals surface area contributed by atoms with Crippen molar-refractivity contribution in [2.75, 3.05) is 11.1 Å². The molecular weight excluding hydrogens is 455 g/mol. The van der Waals surface area contributed by atoms with E-state index in [9.17, 15) is 22.8 Å². The van der Waals surface area contributed by atoms with Crippen molar-refractivity contribution in [3.05, 3.63) is 75.7 Å². The van der Waals surface area contributed by atoms with Crippen LogP contribution in [0.15, 0.2) is 58.6 Å². The molecule has 7 nitrogen and oxygen atoms in total. The van der Waals surface area contributed by atoms with Crippen molar-refractivity contribution < 1.29 is 18.0 Å². The molecule has 0 aliphatic rings. The first-order valence-electron chi connectivity index (χ1n) is 9.78. The number of carbonyl (C=O) groups excluding carboxylic acids is 1. The lowest BCUT2D eigenvalue weighted by Gasteiger charge is -2.10. The van der Waals surface area contributed by atoms with Gasteiger partial charge in [0.15, 0.2) is 10.8 Å². The molecule has 0 aliphatic heterocycles. The Hall–Kier alpha value is -3.60. The number of benzene rings is 2. The Balaban J connectivity index is 1.54. The number of halogens is 3. The van der Waals surface area contributed by atoms with Crippen LogP contribution in [0.4, 0.5) is 18.9 Å². The topological polar surface area (TPSA) is 92.7 Å². The Bertz CT molecular complexity index is 1410. The third kappa shape index (κ3) is 4.77. The number of nitrogens with one attached hydrogen (secondary N) is 2. The highest BCUT2D eigenvalue weighted by Gasteiger charge is 2.30. The summed E-state index contributed by atoms with van der Waals surface area (Å²) in [7, 11) is 0. The maximum atomic E-state index is 12.8. The summed E-state index contributed by atoms with van der Waals surface area (Å²) in [6.45, 7) is 3.91. The third-order valence-corrected chi connectivity index (χ3v) is 5.91. The van der Waals surface area contributed by atoms with Gasteiger partial charge in [-0.2, -0.15) is 18.3 Å². The van der Waals surface area contributed by atoms with Gasteiger partial charge in [0.05, 0.1) is 23.2 Å². The number of hydrogen-bond donors (Lipinski definition) is 2. The standard InChI is InChI=1S/C22H18F3N5O2S/c1-12-5-3-8-17(13(12)2)30-19-16(10-26-30)20(32)29-21(28-19)33-11-18(31)27-15-7-4-6-14(9-15)22(23,24)25/h3-10H,11H2,1-2H3,(H,27,31)(H,28,29,32). The quantitative estimate of drug-likeness (QED) is 0.330. The van der Waals surface area contributed by atoms with E-state index in [1.165, 1.54) is 18.3 Å². The Kier molecular flexibility index (Phi) is 5.98. The van der Waals surface area contributed by atoms with E-state index in [0.29, 0.717) is 11.0 Å². The number of carbonyl (C=O) groups is 1. The van der Waals surface area contributed by atoms with Gasteiger partial charge in [-0.15, -0.1) is 0 Å². The molecular formula is C22H18F3N5O2S. The summed E-state index contributed by atoms with van der Waals surface area (Å²) in [6, 6.07) is 10.1. The minimum absolute atomic E-state index is 0.0281. The number of nitrogens with zero attached hydrogens (tertiary/aromatic N) is 3. The van der Waals surface area contributed by atoms with Gasteiger partial charge in [0.25, 0.3) is 5.56 Å². The Morgan fingerprint density at radius 2 is 1.94 bits per heavy atom. The van der Waals surface area contributed by atoms with Gasteiger partial charge in [-0.3, -0.25) is 9.59 Å².